The molecule has 0 unspecified atom stereocenters. The molecule has 0 amide bonds. The molecule has 0 saturated heterocycles. The van der Waals surface area contributed by atoms with Crippen molar-refractivity contribution in [2.75, 3.05) is 6.54 Å². The number of aryl methyl sites for hydroxylation is 2. The first-order chi connectivity index (χ1) is 21.0. The number of hydrogen-bond donors (Lipinski definition) is 0. The maximum absolute atomic E-state index is 2.69. The first kappa shape index (κ1) is 29.1. The van der Waals surface area contributed by atoms with Gasteiger partial charge in [0.05, 0.1) is 6.04 Å². The van der Waals surface area contributed by atoms with E-state index in [-0.39, 0.29) is 12.1 Å². The second-order valence-corrected chi connectivity index (χ2v) is 13.6. The third-order valence-electron chi connectivity index (χ3n) is 8.64. The lowest BCUT2D eigenvalue weighted by molar-refractivity contribution is 0.178. The van der Waals surface area contributed by atoms with Crippen LogP contribution in [0.3, 0.4) is 0 Å². The molecule has 2 atom stereocenters. The molecule has 6 rings (SSSR count). The summed E-state index contributed by atoms with van der Waals surface area (Å²) in [5.41, 5.74) is 6.66. The SMILES string of the molecule is CCN([C@H](c1ccccc1)c1c(P(c2ccc(C)cc2)c2ccc(C)cc2)ccc2ccccc12)[C@H](C)c1ccccc1. The van der Waals surface area contributed by atoms with Crippen molar-refractivity contribution in [2.45, 2.75) is 39.8 Å². The first-order valence-electron chi connectivity index (χ1n) is 15.4. The van der Waals surface area contributed by atoms with Crippen molar-refractivity contribution in [1.82, 2.24) is 4.90 Å². The Hall–Kier alpha value is -4.03. The zero-order valence-corrected chi connectivity index (χ0v) is 26.5. The van der Waals surface area contributed by atoms with Gasteiger partial charge in [-0.3, -0.25) is 4.90 Å². The Labute approximate surface area is 258 Å². The molecule has 0 bridgehead atoms. The zero-order valence-electron chi connectivity index (χ0n) is 25.6. The number of rotatable bonds is 9. The Kier molecular flexibility index (Phi) is 8.85. The number of fused-ring (bicyclic) bond motifs is 1. The van der Waals surface area contributed by atoms with Crippen molar-refractivity contribution < 1.29 is 0 Å². The van der Waals surface area contributed by atoms with Crippen LogP contribution in [0.4, 0.5) is 0 Å². The van der Waals surface area contributed by atoms with E-state index < -0.39 is 7.92 Å². The molecular weight excluding hydrogens is 537 g/mol. The minimum absolute atomic E-state index is 0.0726. The van der Waals surface area contributed by atoms with Crippen LogP contribution in [0, 0.1) is 13.8 Å². The van der Waals surface area contributed by atoms with Crippen LogP contribution in [-0.2, 0) is 0 Å². The van der Waals surface area contributed by atoms with Crippen LogP contribution in [0.15, 0.2) is 146 Å². The van der Waals surface area contributed by atoms with Crippen molar-refractivity contribution in [1.29, 1.82) is 0 Å². The van der Waals surface area contributed by atoms with Crippen molar-refractivity contribution in [3.05, 3.63) is 173 Å². The quantitative estimate of drug-likeness (QED) is 0.155. The van der Waals surface area contributed by atoms with Gasteiger partial charge < -0.3 is 0 Å². The van der Waals surface area contributed by atoms with E-state index in [4.69, 9.17) is 0 Å². The topological polar surface area (TPSA) is 3.24 Å². The molecule has 0 N–H and O–H groups in total. The van der Waals surface area contributed by atoms with E-state index in [0.29, 0.717) is 0 Å². The largest absolute Gasteiger partial charge is 0.286 e. The molecule has 0 aliphatic rings. The lowest BCUT2D eigenvalue weighted by Crippen LogP contribution is -2.36. The Bertz CT molecular complexity index is 1730. The number of benzene rings is 6. The molecule has 0 radical (unpaired) electrons. The van der Waals surface area contributed by atoms with E-state index in [1.807, 2.05) is 0 Å². The average molecular weight is 578 g/mol. The molecule has 2 heteroatoms. The van der Waals surface area contributed by atoms with Crippen molar-refractivity contribution in [3.63, 3.8) is 0 Å². The second kappa shape index (κ2) is 13.1. The van der Waals surface area contributed by atoms with Crippen LogP contribution in [0.25, 0.3) is 10.8 Å². The van der Waals surface area contributed by atoms with Gasteiger partial charge in [-0.2, -0.15) is 0 Å². The summed E-state index contributed by atoms with van der Waals surface area (Å²) in [6.07, 6.45) is 0. The van der Waals surface area contributed by atoms with Crippen LogP contribution in [-0.4, -0.2) is 11.4 Å². The smallest absolute Gasteiger partial charge is 0.0619 e. The average Bonchev–Trinajstić information content (AvgIpc) is 3.06. The highest BCUT2D eigenvalue weighted by atomic mass is 31.1. The van der Waals surface area contributed by atoms with Gasteiger partial charge in [0.2, 0.25) is 0 Å². The van der Waals surface area contributed by atoms with E-state index in [9.17, 15) is 0 Å². The monoisotopic (exact) mass is 577 g/mol. The Morgan fingerprint density at radius 2 is 1.07 bits per heavy atom. The summed E-state index contributed by atoms with van der Waals surface area (Å²) in [7, 11) is -0.818. The molecule has 0 saturated carbocycles. The van der Waals surface area contributed by atoms with Crippen LogP contribution in [0.1, 0.15) is 53.7 Å². The summed E-state index contributed by atoms with van der Waals surface area (Å²) in [5.74, 6) is 0. The molecule has 0 heterocycles. The van der Waals surface area contributed by atoms with Gasteiger partial charge in [0.25, 0.3) is 0 Å². The standard InChI is InChI=1S/C41H40NP/c1-5-42(32(4)33-14-8-6-9-15-33)41(35-17-10-7-11-18-35)40-38-19-13-12-16-34(38)24-29-39(40)43(36-25-20-30(2)21-26-36)37-27-22-31(3)23-28-37/h6-29,32,41H,5H2,1-4H3/t32-,41-/m1/s1. The molecule has 6 aromatic carbocycles. The fraction of sp³-hybridized carbons (Fsp3) is 0.171. The van der Waals surface area contributed by atoms with Crippen molar-refractivity contribution >= 4 is 34.6 Å². The minimum atomic E-state index is -0.818. The summed E-state index contributed by atoms with van der Waals surface area (Å²) >= 11 is 0. The third-order valence-corrected chi connectivity index (χ3v) is 11.1. The minimum Gasteiger partial charge on any atom is -0.286 e. The molecule has 43 heavy (non-hydrogen) atoms. The van der Waals surface area contributed by atoms with Crippen molar-refractivity contribution in [2.24, 2.45) is 0 Å². The Morgan fingerprint density at radius 3 is 1.63 bits per heavy atom. The molecule has 0 aromatic heterocycles. The summed E-state index contributed by atoms with van der Waals surface area (Å²) in [5, 5.41) is 6.81. The maximum atomic E-state index is 2.69. The van der Waals surface area contributed by atoms with Gasteiger partial charge in [0.15, 0.2) is 0 Å². The zero-order chi connectivity index (χ0) is 29.8. The van der Waals surface area contributed by atoms with Crippen LogP contribution in [0.2, 0.25) is 0 Å². The van der Waals surface area contributed by atoms with Crippen molar-refractivity contribution in [3.8, 4) is 0 Å². The maximum Gasteiger partial charge on any atom is 0.0619 e. The van der Waals surface area contributed by atoms with E-state index >= 15 is 0 Å². The third kappa shape index (κ3) is 6.07. The van der Waals surface area contributed by atoms with Crippen LogP contribution in [0.5, 0.6) is 0 Å². The predicted octanol–water partition coefficient (Wildman–Crippen LogP) is 9.39. The second-order valence-electron chi connectivity index (χ2n) is 11.5. The van der Waals surface area contributed by atoms with E-state index in [1.165, 1.54) is 54.5 Å². The Morgan fingerprint density at radius 1 is 0.558 bits per heavy atom. The summed E-state index contributed by atoms with van der Waals surface area (Å²) in [6, 6.07) is 54.6. The Balaban J connectivity index is 1.67. The van der Waals surface area contributed by atoms with Gasteiger partial charge in [-0.05, 0) is 78.6 Å². The van der Waals surface area contributed by atoms with E-state index in [0.717, 1.165) is 6.54 Å². The molecule has 0 aliphatic heterocycles. The van der Waals surface area contributed by atoms with Gasteiger partial charge >= 0.3 is 0 Å². The van der Waals surface area contributed by atoms with Gasteiger partial charge in [0.1, 0.15) is 0 Å². The highest BCUT2D eigenvalue weighted by molar-refractivity contribution is 7.80. The van der Waals surface area contributed by atoms with Crippen LogP contribution >= 0.6 is 7.92 Å². The van der Waals surface area contributed by atoms with E-state index in [1.54, 1.807) is 0 Å². The summed E-state index contributed by atoms with van der Waals surface area (Å²) in [6.45, 7) is 9.94. The molecule has 0 fully saturated rings. The molecule has 214 valence electrons. The van der Waals surface area contributed by atoms with Gasteiger partial charge in [0, 0.05) is 6.04 Å². The highest BCUT2D eigenvalue weighted by Crippen LogP contribution is 2.43. The fourth-order valence-electron chi connectivity index (χ4n) is 6.34. The normalized spacial score (nSPS) is 13.0. The van der Waals surface area contributed by atoms with Gasteiger partial charge in [-0.1, -0.05) is 164 Å². The number of nitrogens with zero attached hydrogens (tertiary/aromatic N) is 1. The molecule has 0 spiro atoms. The summed E-state index contributed by atoms with van der Waals surface area (Å²) in [4.78, 5) is 2.69. The predicted molar refractivity (Wildman–Crippen MR) is 188 cm³/mol. The fourth-order valence-corrected chi connectivity index (χ4v) is 8.80. The van der Waals surface area contributed by atoms with E-state index in [2.05, 4.69) is 178 Å². The first-order valence-corrected chi connectivity index (χ1v) is 16.7. The lowest BCUT2D eigenvalue weighted by atomic mass is 9.90. The lowest BCUT2D eigenvalue weighted by Gasteiger charge is -2.39. The van der Waals surface area contributed by atoms with Gasteiger partial charge in [-0.25, -0.2) is 0 Å². The molecular formula is C41H40NP. The molecule has 0 aliphatic carbocycles. The van der Waals surface area contributed by atoms with Gasteiger partial charge in [-0.15, -0.1) is 0 Å². The summed E-state index contributed by atoms with van der Waals surface area (Å²) < 4.78 is 0. The molecule has 6 aromatic rings. The molecule has 1 nitrogen and oxygen atoms in total. The number of hydrogen-bond acceptors (Lipinski definition) is 1. The highest BCUT2D eigenvalue weighted by Gasteiger charge is 2.32. The van der Waals surface area contributed by atoms with Crippen LogP contribution < -0.4 is 15.9 Å².